The summed E-state index contributed by atoms with van der Waals surface area (Å²) in [5.41, 5.74) is 1.20. The first-order valence-corrected chi connectivity index (χ1v) is 6.71. The van der Waals surface area contributed by atoms with Crippen molar-refractivity contribution >= 4 is 11.8 Å². The molecule has 0 aliphatic rings. The lowest BCUT2D eigenvalue weighted by Gasteiger charge is -2.21. The van der Waals surface area contributed by atoms with Crippen molar-refractivity contribution in [1.29, 1.82) is 0 Å². The molecule has 1 aromatic rings. The zero-order valence-electron chi connectivity index (χ0n) is 12.8. The van der Waals surface area contributed by atoms with Gasteiger partial charge in [-0.15, -0.1) is 0 Å². The predicted octanol–water partition coefficient (Wildman–Crippen LogP) is 1.56. The van der Waals surface area contributed by atoms with Gasteiger partial charge < -0.3 is 10.6 Å². The summed E-state index contributed by atoms with van der Waals surface area (Å²) in [6.07, 6.45) is 0. The first-order chi connectivity index (χ1) is 9.20. The van der Waals surface area contributed by atoms with Gasteiger partial charge in [-0.25, -0.2) is 0 Å². The predicted molar refractivity (Wildman–Crippen MR) is 77.9 cm³/mol. The van der Waals surface area contributed by atoms with Crippen molar-refractivity contribution in [2.45, 2.75) is 47.2 Å². The Morgan fingerprint density at radius 2 is 1.95 bits per heavy atom. The van der Waals surface area contributed by atoms with Crippen molar-refractivity contribution in [2.24, 2.45) is 5.41 Å². The van der Waals surface area contributed by atoms with Crippen molar-refractivity contribution < 1.29 is 9.59 Å². The minimum Gasteiger partial charge on any atom is -0.349 e. The lowest BCUT2D eigenvalue weighted by molar-refractivity contribution is -0.133. The summed E-state index contributed by atoms with van der Waals surface area (Å²) in [6, 6.07) is 5.09. The number of hydrogen-bond donors (Lipinski definition) is 2. The maximum Gasteiger partial charge on any atom is 0.242 e. The van der Waals surface area contributed by atoms with Gasteiger partial charge in [0.25, 0.3) is 0 Å². The molecule has 1 atom stereocenters. The molecule has 1 rings (SSSR count). The van der Waals surface area contributed by atoms with Crippen LogP contribution in [-0.4, -0.2) is 22.8 Å². The quantitative estimate of drug-likeness (QED) is 0.877. The summed E-state index contributed by atoms with van der Waals surface area (Å²) in [5.74, 6) is -0.361. The molecule has 0 aromatic carbocycles. The smallest absolute Gasteiger partial charge is 0.242 e. The molecule has 20 heavy (non-hydrogen) atoms. The summed E-state index contributed by atoms with van der Waals surface area (Å²) in [7, 11) is 0. The highest BCUT2D eigenvalue weighted by atomic mass is 16.2. The highest BCUT2D eigenvalue weighted by Gasteiger charge is 2.24. The summed E-state index contributed by atoms with van der Waals surface area (Å²) in [5, 5.41) is 5.46. The van der Waals surface area contributed by atoms with Crippen LogP contribution < -0.4 is 10.6 Å². The molecule has 0 radical (unpaired) electrons. The Kier molecular flexibility index (Phi) is 5.25. The number of pyridine rings is 1. The van der Waals surface area contributed by atoms with Crippen LogP contribution in [0, 0.1) is 12.3 Å². The molecule has 0 saturated carbocycles. The van der Waals surface area contributed by atoms with Gasteiger partial charge in [0.2, 0.25) is 11.8 Å². The molecule has 5 nitrogen and oxygen atoms in total. The van der Waals surface area contributed by atoms with E-state index in [-0.39, 0.29) is 11.8 Å². The maximum absolute atomic E-state index is 11.9. The van der Waals surface area contributed by atoms with Crippen LogP contribution in [0.5, 0.6) is 0 Å². The second-order valence-corrected chi connectivity index (χ2v) is 5.93. The number of hydrogen-bond acceptors (Lipinski definition) is 3. The molecule has 0 bridgehead atoms. The fourth-order valence-electron chi connectivity index (χ4n) is 1.51. The van der Waals surface area contributed by atoms with Crippen molar-refractivity contribution in [2.75, 3.05) is 0 Å². The number of carbonyl (C=O) groups is 2. The summed E-state index contributed by atoms with van der Waals surface area (Å²) in [4.78, 5) is 28.0. The fourth-order valence-corrected chi connectivity index (χ4v) is 1.51. The van der Waals surface area contributed by atoms with Gasteiger partial charge in [0, 0.05) is 11.1 Å². The Morgan fingerprint density at radius 1 is 1.30 bits per heavy atom. The van der Waals surface area contributed by atoms with Crippen LogP contribution in [0.4, 0.5) is 0 Å². The van der Waals surface area contributed by atoms with Gasteiger partial charge in [-0.2, -0.15) is 0 Å². The number of carbonyl (C=O) groups excluding carboxylic acids is 2. The second-order valence-electron chi connectivity index (χ2n) is 5.93. The zero-order chi connectivity index (χ0) is 15.3. The first kappa shape index (κ1) is 16.1. The number of rotatable bonds is 4. The Balaban J connectivity index is 2.48. The molecule has 1 heterocycles. The number of aryl methyl sites for hydroxylation is 1. The van der Waals surface area contributed by atoms with E-state index in [1.807, 2.05) is 45.9 Å². The van der Waals surface area contributed by atoms with Crippen LogP contribution in [0.25, 0.3) is 0 Å². The average Bonchev–Trinajstić information content (AvgIpc) is 2.34. The average molecular weight is 277 g/mol. The maximum atomic E-state index is 11.9. The zero-order valence-corrected chi connectivity index (χ0v) is 12.8. The molecule has 110 valence electrons. The second kappa shape index (κ2) is 6.50. The summed E-state index contributed by atoms with van der Waals surface area (Å²) in [6.45, 7) is 9.35. The van der Waals surface area contributed by atoms with Crippen LogP contribution in [0.1, 0.15) is 39.1 Å². The highest BCUT2D eigenvalue weighted by molar-refractivity contribution is 5.89. The Bertz CT molecular complexity index is 492. The standard InChI is InChI=1S/C15H23N3O2/c1-10-7-6-8-12(17-10)9-16-13(19)11(2)18-14(20)15(3,4)5/h6-8,11H,9H2,1-5H3,(H,16,19)(H,18,20). The topological polar surface area (TPSA) is 71.1 Å². The number of nitrogens with one attached hydrogen (secondary N) is 2. The van der Waals surface area contributed by atoms with E-state index in [4.69, 9.17) is 0 Å². The molecule has 0 saturated heterocycles. The van der Waals surface area contributed by atoms with E-state index in [0.29, 0.717) is 6.54 Å². The molecular weight excluding hydrogens is 254 g/mol. The van der Waals surface area contributed by atoms with Crippen molar-refractivity contribution in [3.8, 4) is 0 Å². The summed E-state index contributed by atoms with van der Waals surface area (Å²) < 4.78 is 0. The van der Waals surface area contributed by atoms with Crippen LogP contribution >= 0.6 is 0 Å². The molecule has 0 fully saturated rings. The molecule has 0 aliphatic heterocycles. The number of aromatic nitrogens is 1. The van der Waals surface area contributed by atoms with Gasteiger partial charge >= 0.3 is 0 Å². The van der Waals surface area contributed by atoms with E-state index >= 15 is 0 Å². The SMILES string of the molecule is Cc1cccc(CNC(=O)C(C)NC(=O)C(C)(C)C)n1. The Hall–Kier alpha value is -1.91. The molecule has 2 amide bonds. The van der Waals surface area contributed by atoms with Gasteiger partial charge in [-0.3, -0.25) is 14.6 Å². The normalized spacial score (nSPS) is 12.7. The first-order valence-electron chi connectivity index (χ1n) is 6.71. The van der Waals surface area contributed by atoms with Gasteiger partial charge in [-0.05, 0) is 26.0 Å². The van der Waals surface area contributed by atoms with Crippen LogP contribution in [0.3, 0.4) is 0 Å². The molecular formula is C15H23N3O2. The van der Waals surface area contributed by atoms with E-state index in [2.05, 4.69) is 15.6 Å². The van der Waals surface area contributed by atoms with Crippen LogP contribution in [0.2, 0.25) is 0 Å². The van der Waals surface area contributed by atoms with E-state index in [1.165, 1.54) is 0 Å². The fraction of sp³-hybridized carbons (Fsp3) is 0.533. The van der Waals surface area contributed by atoms with Gasteiger partial charge in [0.1, 0.15) is 6.04 Å². The number of amides is 2. The van der Waals surface area contributed by atoms with Crippen molar-refractivity contribution in [1.82, 2.24) is 15.6 Å². The van der Waals surface area contributed by atoms with E-state index < -0.39 is 11.5 Å². The third-order valence-electron chi connectivity index (χ3n) is 2.81. The molecule has 1 aromatic heterocycles. The third-order valence-corrected chi connectivity index (χ3v) is 2.81. The molecule has 2 N–H and O–H groups in total. The van der Waals surface area contributed by atoms with Crippen LogP contribution in [-0.2, 0) is 16.1 Å². The van der Waals surface area contributed by atoms with Gasteiger partial charge in [0.05, 0.1) is 12.2 Å². The van der Waals surface area contributed by atoms with E-state index in [1.54, 1.807) is 6.92 Å². The molecule has 0 aliphatic carbocycles. The Morgan fingerprint density at radius 3 is 2.50 bits per heavy atom. The van der Waals surface area contributed by atoms with Crippen molar-refractivity contribution in [3.05, 3.63) is 29.6 Å². The van der Waals surface area contributed by atoms with E-state index in [9.17, 15) is 9.59 Å². The monoisotopic (exact) mass is 277 g/mol. The molecule has 0 spiro atoms. The minimum absolute atomic E-state index is 0.145. The number of nitrogens with zero attached hydrogens (tertiary/aromatic N) is 1. The van der Waals surface area contributed by atoms with Gasteiger partial charge in [0.15, 0.2) is 0 Å². The van der Waals surface area contributed by atoms with Crippen molar-refractivity contribution in [3.63, 3.8) is 0 Å². The molecule has 1 unspecified atom stereocenters. The minimum atomic E-state index is -0.563. The lowest BCUT2D eigenvalue weighted by atomic mass is 9.95. The third kappa shape index (κ3) is 4.99. The largest absolute Gasteiger partial charge is 0.349 e. The highest BCUT2D eigenvalue weighted by Crippen LogP contribution is 2.12. The van der Waals surface area contributed by atoms with Crippen LogP contribution in [0.15, 0.2) is 18.2 Å². The summed E-state index contributed by atoms with van der Waals surface area (Å²) >= 11 is 0. The Labute approximate surface area is 120 Å². The molecule has 5 heteroatoms. The van der Waals surface area contributed by atoms with E-state index in [0.717, 1.165) is 11.4 Å². The lowest BCUT2D eigenvalue weighted by Crippen LogP contribution is -2.48. The van der Waals surface area contributed by atoms with Gasteiger partial charge in [-0.1, -0.05) is 26.8 Å².